The maximum Gasteiger partial charge on any atom is 0.338 e. The van der Waals surface area contributed by atoms with Gasteiger partial charge in [-0.1, -0.05) is 18.5 Å². The minimum Gasteiger partial charge on any atom is -0.481 e. The van der Waals surface area contributed by atoms with E-state index in [4.69, 9.17) is 21.1 Å². The van der Waals surface area contributed by atoms with E-state index in [1.807, 2.05) is 20.8 Å². The number of carbonyl (C=O) groups is 2. The summed E-state index contributed by atoms with van der Waals surface area (Å²) in [4.78, 5) is 24.4. The molecule has 0 spiro atoms. The van der Waals surface area contributed by atoms with Crippen LogP contribution < -0.4 is 10.1 Å². The zero-order valence-corrected chi connectivity index (χ0v) is 16.7. The summed E-state index contributed by atoms with van der Waals surface area (Å²) in [6, 6.07) is 10.3. The maximum absolute atomic E-state index is 12.6. The summed E-state index contributed by atoms with van der Waals surface area (Å²) < 4.78 is 10.8. The van der Waals surface area contributed by atoms with Gasteiger partial charge < -0.3 is 14.8 Å². The molecule has 0 saturated carbocycles. The van der Waals surface area contributed by atoms with E-state index in [2.05, 4.69) is 5.32 Å². The van der Waals surface area contributed by atoms with Gasteiger partial charge in [0.2, 0.25) is 0 Å². The van der Waals surface area contributed by atoms with Gasteiger partial charge in [-0.25, -0.2) is 4.79 Å². The lowest BCUT2D eigenvalue weighted by Gasteiger charge is -2.19. The van der Waals surface area contributed by atoms with Gasteiger partial charge in [0.1, 0.15) is 5.75 Å². The average Bonchev–Trinajstić information content (AvgIpc) is 2.64. The van der Waals surface area contributed by atoms with Crippen LogP contribution in [0.1, 0.15) is 41.8 Å². The van der Waals surface area contributed by atoms with Gasteiger partial charge in [-0.05, 0) is 74.7 Å². The number of amides is 1. The van der Waals surface area contributed by atoms with E-state index < -0.39 is 6.10 Å². The van der Waals surface area contributed by atoms with Crippen molar-refractivity contribution in [3.05, 3.63) is 58.1 Å². The molecule has 0 aliphatic rings. The fourth-order valence-electron chi connectivity index (χ4n) is 2.54. The zero-order chi connectivity index (χ0) is 20.0. The van der Waals surface area contributed by atoms with Gasteiger partial charge in [-0.2, -0.15) is 0 Å². The first-order valence-electron chi connectivity index (χ1n) is 8.87. The van der Waals surface area contributed by atoms with E-state index in [9.17, 15) is 9.59 Å². The smallest absolute Gasteiger partial charge is 0.338 e. The summed E-state index contributed by atoms with van der Waals surface area (Å²) in [5, 5.41) is 3.51. The maximum atomic E-state index is 12.6. The van der Waals surface area contributed by atoms with Gasteiger partial charge in [0.05, 0.1) is 12.2 Å². The highest BCUT2D eigenvalue weighted by atomic mass is 35.5. The number of hydrogen-bond donors (Lipinski definition) is 1. The van der Waals surface area contributed by atoms with Crippen molar-refractivity contribution in [2.75, 3.05) is 11.9 Å². The number of esters is 1. The van der Waals surface area contributed by atoms with Crippen LogP contribution in [0.3, 0.4) is 0 Å². The van der Waals surface area contributed by atoms with Crippen molar-refractivity contribution < 1.29 is 19.1 Å². The Balaban J connectivity index is 2.09. The van der Waals surface area contributed by atoms with Crippen molar-refractivity contribution >= 4 is 29.2 Å². The van der Waals surface area contributed by atoms with Crippen molar-refractivity contribution in [1.29, 1.82) is 0 Å². The summed E-state index contributed by atoms with van der Waals surface area (Å²) in [5.74, 6) is -0.0447. The Kier molecular flexibility index (Phi) is 7.25. The molecular formula is C21H24ClNO4. The summed E-state index contributed by atoms with van der Waals surface area (Å²) >= 11 is 6.03. The molecule has 0 saturated heterocycles. The Hall–Kier alpha value is -2.53. The number of benzene rings is 2. The number of carbonyl (C=O) groups excluding carboxylic acids is 2. The molecule has 0 bridgehead atoms. The summed E-state index contributed by atoms with van der Waals surface area (Å²) in [5.41, 5.74) is 2.73. The lowest BCUT2D eigenvalue weighted by molar-refractivity contribution is -0.122. The monoisotopic (exact) mass is 389 g/mol. The summed E-state index contributed by atoms with van der Waals surface area (Å²) in [7, 11) is 0. The quantitative estimate of drug-likeness (QED) is 0.682. The number of rotatable bonds is 7. The molecule has 2 aromatic carbocycles. The fraction of sp³-hybridized carbons (Fsp3) is 0.333. The SMILES string of the molecule is CCOC(=O)c1ccc(NC(=O)[C@H](CC)Oc2ccc(Cl)c(C)c2)c(C)c1. The molecule has 0 unspecified atom stereocenters. The van der Waals surface area contributed by atoms with Gasteiger partial charge in [0.15, 0.2) is 6.10 Å². The third kappa shape index (κ3) is 5.47. The van der Waals surface area contributed by atoms with Crippen LogP contribution in [-0.2, 0) is 9.53 Å². The van der Waals surface area contributed by atoms with Crippen molar-refractivity contribution in [2.24, 2.45) is 0 Å². The van der Waals surface area contributed by atoms with E-state index in [0.29, 0.717) is 35.1 Å². The molecule has 0 heterocycles. The van der Waals surface area contributed by atoms with Gasteiger partial charge in [0, 0.05) is 10.7 Å². The van der Waals surface area contributed by atoms with Crippen LogP contribution in [0.15, 0.2) is 36.4 Å². The van der Waals surface area contributed by atoms with Crippen LogP contribution in [0, 0.1) is 13.8 Å². The van der Waals surface area contributed by atoms with Gasteiger partial charge in [-0.3, -0.25) is 4.79 Å². The molecule has 5 nitrogen and oxygen atoms in total. The topological polar surface area (TPSA) is 64.6 Å². The molecule has 1 amide bonds. The lowest BCUT2D eigenvalue weighted by atomic mass is 10.1. The van der Waals surface area contributed by atoms with Crippen LogP contribution >= 0.6 is 11.6 Å². The second-order valence-corrected chi connectivity index (χ2v) is 6.57. The van der Waals surface area contributed by atoms with E-state index in [0.717, 1.165) is 11.1 Å². The summed E-state index contributed by atoms with van der Waals surface area (Å²) in [6.45, 7) is 7.65. The molecule has 0 aliphatic heterocycles. The predicted molar refractivity (Wildman–Crippen MR) is 107 cm³/mol. The van der Waals surface area contributed by atoms with E-state index >= 15 is 0 Å². The highest BCUT2D eigenvalue weighted by Gasteiger charge is 2.20. The Morgan fingerprint density at radius 1 is 1.07 bits per heavy atom. The Morgan fingerprint density at radius 3 is 2.41 bits per heavy atom. The van der Waals surface area contributed by atoms with E-state index in [1.54, 1.807) is 43.3 Å². The first-order chi connectivity index (χ1) is 12.8. The van der Waals surface area contributed by atoms with Crippen molar-refractivity contribution in [2.45, 2.75) is 40.2 Å². The highest BCUT2D eigenvalue weighted by molar-refractivity contribution is 6.31. The van der Waals surface area contributed by atoms with E-state index in [-0.39, 0.29) is 11.9 Å². The highest BCUT2D eigenvalue weighted by Crippen LogP contribution is 2.23. The van der Waals surface area contributed by atoms with Crippen molar-refractivity contribution in [1.82, 2.24) is 0 Å². The van der Waals surface area contributed by atoms with Crippen molar-refractivity contribution in [3.63, 3.8) is 0 Å². The fourth-order valence-corrected chi connectivity index (χ4v) is 2.65. The molecule has 2 rings (SSSR count). The van der Waals surface area contributed by atoms with Crippen molar-refractivity contribution in [3.8, 4) is 5.75 Å². The molecule has 0 radical (unpaired) electrons. The number of anilines is 1. The number of ether oxygens (including phenoxy) is 2. The van der Waals surface area contributed by atoms with Crippen LogP contribution in [0.25, 0.3) is 0 Å². The molecule has 1 atom stereocenters. The second-order valence-electron chi connectivity index (χ2n) is 6.17. The normalized spacial score (nSPS) is 11.6. The first-order valence-corrected chi connectivity index (χ1v) is 9.25. The van der Waals surface area contributed by atoms with Crippen LogP contribution in [0.2, 0.25) is 5.02 Å². The molecule has 1 N–H and O–H groups in total. The largest absolute Gasteiger partial charge is 0.481 e. The Bertz CT molecular complexity index is 835. The summed E-state index contributed by atoms with van der Waals surface area (Å²) in [6.07, 6.45) is -0.136. The van der Waals surface area contributed by atoms with E-state index in [1.165, 1.54) is 0 Å². The van der Waals surface area contributed by atoms with Crippen LogP contribution in [0.5, 0.6) is 5.75 Å². The molecule has 6 heteroatoms. The third-order valence-corrected chi connectivity index (χ3v) is 4.49. The van der Waals surface area contributed by atoms with Gasteiger partial charge in [0.25, 0.3) is 5.91 Å². The number of nitrogens with one attached hydrogen (secondary N) is 1. The predicted octanol–water partition coefficient (Wildman–Crippen LogP) is 4.93. The standard InChI is InChI=1S/C21H24ClNO4/c1-5-19(27-16-8-9-17(22)13(3)12-16)20(24)23-18-10-7-15(11-14(18)4)21(25)26-6-2/h7-12,19H,5-6H2,1-4H3,(H,23,24)/t19-/m0/s1. The first kappa shape index (κ1) is 20.8. The van der Waals surface area contributed by atoms with Gasteiger partial charge >= 0.3 is 5.97 Å². The third-order valence-electron chi connectivity index (χ3n) is 4.07. The average molecular weight is 390 g/mol. The number of hydrogen-bond acceptors (Lipinski definition) is 4. The molecule has 0 aliphatic carbocycles. The molecule has 0 fully saturated rings. The molecule has 144 valence electrons. The molecule has 0 aromatic heterocycles. The molecule has 27 heavy (non-hydrogen) atoms. The molecule has 2 aromatic rings. The number of halogens is 1. The number of aryl methyl sites for hydroxylation is 2. The molecular weight excluding hydrogens is 366 g/mol. The van der Waals surface area contributed by atoms with Crippen LogP contribution in [-0.4, -0.2) is 24.6 Å². The minimum atomic E-state index is -0.644. The Morgan fingerprint density at radius 2 is 1.81 bits per heavy atom. The lowest BCUT2D eigenvalue weighted by Crippen LogP contribution is -2.32. The zero-order valence-electron chi connectivity index (χ0n) is 16.0. The van der Waals surface area contributed by atoms with Gasteiger partial charge in [-0.15, -0.1) is 0 Å². The minimum absolute atomic E-state index is 0.253. The Labute approximate surface area is 164 Å². The second kappa shape index (κ2) is 9.42. The van der Waals surface area contributed by atoms with Crippen LogP contribution in [0.4, 0.5) is 5.69 Å².